The average Bonchev–Trinajstić information content (AvgIpc) is 2.83. The van der Waals surface area contributed by atoms with Crippen molar-refractivity contribution < 1.29 is 4.79 Å². The van der Waals surface area contributed by atoms with Gasteiger partial charge in [0, 0.05) is 5.56 Å². The van der Waals surface area contributed by atoms with Crippen molar-refractivity contribution in [1.29, 1.82) is 0 Å². The second kappa shape index (κ2) is 5.44. The number of thioether (sulfide) groups is 1. The molecule has 1 aromatic carbocycles. The maximum Gasteiger partial charge on any atom is 0.209 e. The van der Waals surface area contributed by atoms with E-state index < -0.39 is 0 Å². The fraction of sp³-hybridized carbons (Fsp3) is 0.267. The average molecular weight is 259 g/mol. The molecule has 0 saturated carbocycles. The molecule has 94 valence electrons. The third-order valence-electron chi connectivity index (χ3n) is 2.93. The highest BCUT2D eigenvalue weighted by Gasteiger charge is 2.18. The summed E-state index contributed by atoms with van der Waals surface area (Å²) in [6.07, 6.45) is 2.01. The molecular formula is C15H17NOS. The van der Waals surface area contributed by atoms with Crippen molar-refractivity contribution in [3.63, 3.8) is 0 Å². The van der Waals surface area contributed by atoms with Gasteiger partial charge in [0.25, 0.3) is 0 Å². The molecule has 0 aliphatic heterocycles. The van der Waals surface area contributed by atoms with E-state index in [9.17, 15) is 4.79 Å². The molecule has 0 radical (unpaired) electrons. The summed E-state index contributed by atoms with van der Waals surface area (Å²) in [5, 5.41) is 1.04. The first kappa shape index (κ1) is 13.0. The number of hydrogen-bond acceptors (Lipinski definition) is 2. The Kier molecular flexibility index (Phi) is 3.92. The minimum Gasteiger partial charge on any atom is -0.347 e. The third-order valence-corrected chi connectivity index (χ3v) is 3.59. The molecule has 0 fully saturated rings. The van der Waals surface area contributed by atoms with Crippen LogP contribution < -0.4 is 0 Å². The van der Waals surface area contributed by atoms with Crippen molar-refractivity contribution in [3.05, 3.63) is 53.2 Å². The molecule has 1 aromatic heterocycles. The summed E-state index contributed by atoms with van der Waals surface area (Å²) in [7, 11) is 0. The molecule has 18 heavy (non-hydrogen) atoms. The molecule has 1 N–H and O–H groups in total. The van der Waals surface area contributed by atoms with Crippen LogP contribution in [0.2, 0.25) is 0 Å². The largest absolute Gasteiger partial charge is 0.347 e. The number of aromatic nitrogens is 1. The second-order valence-electron chi connectivity index (χ2n) is 4.52. The quantitative estimate of drug-likeness (QED) is 0.662. The van der Waals surface area contributed by atoms with Crippen molar-refractivity contribution >= 4 is 17.5 Å². The maximum atomic E-state index is 12.5. The molecule has 2 nitrogen and oxygen atoms in total. The highest BCUT2D eigenvalue weighted by molar-refractivity contribution is 7.98. The Morgan fingerprint density at radius 1 is 1.22 bits per heavy atom. The lowest BCUT2D eigenvalue weighted by Gasteiger charge is -2.06. The lowest BCUT2D eigenvalue weighted by atomic mass is 9.99. The molecule has 0 bridgehead atoms. The van der Waals surface area contributed by atoms with Crippen LogP contribution in [0.15, 0.2) is 41.4 Å². The SMILES string of the molecule is CSc1cc(C(C)C)c(C(=O)c2ccccc2)[nH]1. The Labute approximate surface area is 112 Å². The zero-order chi connectivity index (χ0) is 13.1. The van der Waals surface area contributed by atoms with Crippen LogP contribution in [0.3, 0.4) is 0 Å². The zero-order valence-corrected chi connectivity index (χ0v) is 11.7. The summed E-state index contributed by atoms with van der Waals surface area (Å²) >= 11 is 1.63. The number of nitrogens with one attached hydrogen (secondary N) is 1. The number of carbonyl (C=O) groups excluding carboxylic acids is 1. The molecule has 2 rings (SSSR count). The normalized spacial score (nSPS) is 10.9. The van der Waals surface area contributed by atoms with Crippen LogP contribution in [0.4, 0.5) is 0 Å². The fourth-order valence-electron chi connectivity index (χ4n) is 1.93. The second-order valence-corrected chi connectivity index (χ2v) is 5.37. The van der Waals surface area contributed by atoms with Gasteiger partial charge in [-0.1, -0.05) is 44.2 Å². The number of carbonyl (C=O) groups is 1. The number of ketones is 1. The van der Waals surface area contributed by atoms with Gasteiger partial charge in [0.05, 0.1) is 10.7 Å². The summed E-state index contributed by atoms with van der Waals surface area (Å²) in [6.45, 7) is 4.21. The lowest BCUT2D eigenvalue weighted by Crippen LogP contribution is -2.05. The first-order chi connectivity index (χ1) is 8.63. The Hall–Kier alpha value is -1.48. The van der Waals surface area contributed by atoms with Crippen molar-refractivity contribution in [3.8, 4) is 0 Å². The highest BCUT2D eigenvalue weighted by atomic mass is 32.2. The Morgan fingerprint density at radius 3 is 2.44 bits per heavy atom. The Balaban J connectivity index is 2.44. The van der Waals surface area contributed by atoms with E-state index in [2.05, 4.69) is 24.9 Å². The lowest BCUT2D eigenvalue weighted by molar-refractivity contribution is 0.103. The molecule has 0 aliphatic carbocycles. The van der Waals surface area contributed by atoms with Crippen LogP contribution in [-0.4, -0.2) is 17.0 Å². The van der Waals surface area contributed by atoms with Crippen LogP contribution in [0.5, 0.6) is 0 Å². The van der Waals surface area contributed by atoms with Crippen LogP contribution in [0.1, 0.15) is 41.4 Å². The van der Waals surface area contributed by atoms with Gasteiger partial charge < -0.3 is 4.98 Å². The molecular weight excluding hydrogens is 242 g/mol. The first-order valence-electron chi connectivity index (χ1n) is 6.00. The molecule has 0 atom stereocenters. The summed E-state index contributed by atoms with van der Waals surface area (Å²) < 4.78 is 0. The van der Waals surface area contributed by atoms with Gasteiger partial charge in [0.1, 0.15) is 0 Å². The zero-order valence-electron chi connectivity index (χ0n) is 10.9. The van der Waals surface area contributed by atoms with Gasteiger partial charge in [-0.25, -0.2) is 0 Å². The number of hydrogen-bond donors (Lipinski definition) is 1. The van der Waals surface area contributed by atoms with Gasteiger partial charge in [0.15, 0.2) is 0 Å². The topological polar surface area (TPSA) is 32.9 Å². The van der Waals surface area contributed by atoms with E-state index in [0.29, 0.717) is 5.92 Å². The van der Waals surface area contributed by atoms with Crippen molar-refractivity contribution in [2.24, 2.45) is 0 Å². The number of rotatable bonds is 4. The van der Waals surface area contributed by atoms with E-state index in [4.69, 9.17) is 0 Å². The molecule has 3 heteroatoms. The van der Waals surface area contributed by atoms with E-state index in [0.717, 1.165) is 21.8 Å². The molecule has 0 spiro atoms. The van der Waals surface area contributed by atoms with E-state index >= 15 is 0 Å². The standard InChI is InChI=1S/C15H17NOS/c1-10(2)12-9-13(18-3)16-14(12)15(17)11-7-5-4-6-8-11/h4-10,16H,1-3H3. The predicted molar refractivity (Wildman–Crippen MR) is 76.5 cm³/mol. The minimum atomic E-state index is 0.0691. The van der Waals surface area contributed by atoms with E-state index in [1.54, 1.807) is 11.8 Å². The maximum absolute atomic E-state index is 12.5. The van der Waals surface area contributed by atoms with Gasteiger partial charge in [-0.3, -0.25) is 4.79 Å². The molecule has 0 unspecified atom stereocenters. The molecule has 0 amide bonds. The number of benzene rings is 1. The van der Waals surface area contributed by atoms with Gasteiger partial charge in [-0.15, -0.1) is 11.8 Å². The van der Waals surface area contributed by atoms with Gasteiger partial charge >= 0.3 is 0 Å². The summed E-state index contributed by atoms with van der Waals surface area (Å²) in [4.78, 5) is 15.7. The van der Waals surface area contributed by atoms with Crippen molar-refractivity contribution in [1.82, 2.24) is 4.98 Å². The Morgan fingerprint density at radius 2 is 1.89 bits per heavy atom. The van der Waals surface area contributed by atoms with E-state index in [1.165, 1.54) is 0 Å². The van der Waals surface area contributed by atoms with Crippen LogP contribution in [-0.2, 0) is 0 Å². The number of H-pyrrole nitrogens is 1. The van der Waals surface area contributed by atoms with Gasteiger partial charge in [-0.05, 0) is 23.8 Å². The molecule has 0 aliphatic rings. The highest BCUT2D eigenvalue weighted by Crippen LogP contribution is 2.26. The van der Waals surface area contributed by atoms with Gasteiger partial charge in [0.2, 0.25) is 5.78 Å². The van der Waals surface area contributed by atoms with E-state index in [-0.39, 0.29) is 5.78 Å². The summed E-state index contributed by atoms with van der Waals surface area (Å²) in [5.74, 6) is 0.407. The molecule has 0 saturated heterocycles. The minimum absolute atomic E-state index is 0.0691. The van der Waals surface area contributed by atoms with E-state index in [1.807, 2.05) is 36.6 Å². The van der Waals surface area contributed by atoms with Crippen molar-refractivity contribution in [2.45, 2.75) is 24.8 Å². The fourth-order valence-corrected chi connectivity index (χ4v) is 2.38. The predicted octanol–water partition coefficient (Wildman–Crippen LogP) is 4.09. The van der Waals surface area contributed by atoms with Crippen LogP contribution >= 0.6 is 11.8 Å². The summed E-state index contributed by atoms with van der Waals surface area (Å²) in [6, 6.07) is 11.5. The smallest absolute Gasteiger partial charge is 0.209 e. The molecule has 1 heterocycles. The van der Waals surface area contributed by atoms with Crippen molar-refractivity contribution in [2.75, 3.05) is 6.26 Å². The van der Waals surface area contributed by atoms with Gasteiger partial charge in [-0.2, -0.15) is 0 Å². The Bertz CT molecular complexity index is 543. The third kappa shape index (κ3) is 2.51. The monoisotopic (exact) mass is 259 g/mol. The van der Waals surface area contributed by atoms with Crippen LogP contribution in [0, 0.1) is 0 Å². The first-order valence-corrected chi connectivity index (χ1v) is 7.22. The summed E-state index contributed by atoms with van der Waals surface area (Å²) in [5.41, 5.74) is 2.54. The van der Waals surface area contributed by atoms with Crippen LogP contribution in [0.25, 0.3) is 0 Å². The number of aromatic amines is 1. The molecule has 2 aromatic rings.